The van der Waals surface area contributed by atoms with Crippen molar-refractivity contribution in [3.63, 3.8) is 0 Å². The van der Waals surface area contributed by atoms with Gasteiger partial charge in [0.05, 0.1) is 24.5 Å². The molecule has 33 heavy (non-hydrogen) atoms. The maximum absolute atomic E-state index is 12.3. The van der Waals surface area contributed by atoms with Crippen LogP contribution in [0.3, 0.4) is 0 Å². The Labute approximate surface area is 187 Å². The Hall–Kier alpha value is -4.48. The molecule has 0 bridgehead atoms. The molecule has 3 rings (SSSR count). The Morgan fingerprint density at radius 3 is 2.58 bits per heavy atom. The second-order valence-electron chi connectivity index (χ2n) is 7.01. The average Bonchev–Trinajstić information content (AvgIpc) is 3.17. The molecule has 2 aromatic carbocycles. The molecular formula is C21H20N4O8. The van der Waals surface area contributed by atoms with Crippen molar-refractivity contribution in [3.8, 4) is 5.75 Å². The molecule has 2 N–H and O–H groups in total. The van der Waals surface area contributed by atoms with E-state index in [0.29, 0.717) is 5.56 Å². The SMILES string of the molecule is COc1ccc([N+](=O)[O-])c(NC(=O)COC(=O)[C@@H]2CC(=O)N(NC(=O)c3ccccc3)C2)c1. The first-order chi connectivity index (χ1) is 15.8. The standard InChI is InChI=1S/C21H20N4O8/c1-32-15-7-8-17(25(30)31)16(10-15)22-18(26)12-33-21(29)14-9-19(27)24(11-14)23-20(28)13-5-3-2-4-6-13/h2-8,10,14H,9,11-12H2,1H3,(H,22,26)(H,23,28)/t14-/m1/s1. The molecule has 1 saturated heterocycles. The van der Waals surface area contributed by atoms with Crippen molar-refractivity contribution >= 4 is 35.1 Å². The number of nitro groups is 1. The van der Waals surface area contributed by atoms with Crippen molar-refractivity contribution in [1.29, 1.82) is 0 Å². The molecule has 0 radical (unpaired) electrons. The third kappa shape index (κ3) is 5.81. The summed E-state index contributed by atoms with van der Waals surface area (Å²) in [7, 11) is 1.36. The lowest BCUT2D eigenvalue weighted by molar-refractivity contribution is -0.383. The Bertz CT molecular complexity index is 1090. The van der Waals surface area contributed by atoms with Gasteiger partial charge in [0.15, 0.2) is 6.61 Å². The predicted molar refractivity (Wildman–Crippen MR) is 113 cm³/mol. The molecule has 0 unspecified atom stereocenters. The summed E-state index contributed by atoms with van der Waals surface area (Å²) in [5.74, 6) is -3.19. The number of hydrogen-bond acceptors (Lipinski definition) is 8. The van der Waals surface area contributed by atoms with E-state index in [1.54, 1.807) is 30.3 Å². The minimum Gasteiger partial charge on any atom is -0.497 e. The third-order valence-corrected chi connectivity index (χ3v) is 4.75. The summed E-state index contributed by atoms with van der Waals surface area (Å²) in [6.45, 7) is -0.826. The molecule has 12 heteroatoms. The molecule has 2 aromatic rings. The number of hydrogen-bond donors (Lipinski definition) is 2. The largest absolute Gasteiger partial charge is 0.497 e. The number of amides is 3. The van der Waals surface area contributed by atoms with Crippen LogP contribution in [0.25, 0.3) is 0 Å². The molecule has 1 heterocycles. The van der Waals surface area contributed by atoms with Crippen LogP contribution >= 0.6 is 0 Å². The van der Waals surface area contributed by atoms with E-state index in [2.05, 4.69) is 10.7 Å². The van der Waals surface area contributed by atoms with Gasteiger partial charge in [0, 0.05) is 24.1 Å². The molecule has 12 nitrogen and oxygen atoms in total. The number of hydrazine groups is 1. The van der Waals surface area contributed by atoms with E-state index in [0.717, 1.165) is 5.01 Å². The van der Waals surface area contributed by atoms with Gasteiger partial charge in [0.1, 0.15) is 11.4 Å². The number of nitrogens with one attached hydrogen (secondary N) is 2. The van der Waals surface area contributed by atoms with E-state index in [-0.39, 0.29) is 30.1 Å². The van der Waals surface area contributed by atoms with Crippen molar-refractivity contribution in [2.45, 2.75) is 6.42 Å². The monoisotopic (exact) mass is 456 g/mol. The first-order valence-electron chi connectivity index (χ1n) is 9.73. The Balaban J connectivity index is 1.53. The van der Waals surface area contributed by atoms with Gasteiger partial charge in [-0.25, -0.2) is 0 Å². The van der Waals surface area contributed by atoms with E-state index in [1.807, 2.05) is 0 Å². The Kier molecular flexibility index (Phi) is 7.18. The number of carbonyl (C=O) groups is 4. The molecule has 0 aliphatic carbocycles. The van der Waals surface area contributed by atoms with Crippen LogP contribution in [-0.2, 0) is 19.1 Å². The van der Waals surface area contributed by atoms with E-state index in [9.17, 15) is 29.3 Å². The molecule has 1 aliphatic rings. The number of carbonyl (C=O) groups excluding carboxylic acids is 4. The summed E-state index contributed by atoms with van der Waals surface area (Å²) in [6.07, 6.45) is -0.198. The third-order valence-electron chi connectivity index (χ3n) is 4.75. The van der Waals surface area contributed by atoms with Gasteiger partial charge in [-0.15, -0.1) is 0 Å². The summed E-state index contributed by atoms with van der Waals surface area (Å²) in [5.41, 5.74) is 2.31. The maximum Gasteiger partial charge on any atom is 0.311 e. The summed E-state index contributed by atoms with van der Waals surface area (Å²) in [6, 6.07) is 12.0. The number of esters is 1. The van der Waals surface area contributed by atoms with Gasteiger partial charge in [0.25, 0.3) is 17.5 Å². The summed E-state index contributed by atoms with van der Waals surface area (Å²) < 4.78 is 9.95. The Morgan fingerprint density at radius 1 is 1.18 bits per heavy atom. The lowest BCUT2D eigenvalue weighted by Crippen LogP contribution is -2.43. The number of ether oxygens (including phenoxy) is 2. The van der Waals surface area contributed by atoms with Crippen molar-refractivity contribution in [1.82, 2.24) is 10.4 Å². The highest BCUT2D eigenvalue weighted by Gasteiger charge is 2.36. The van der Waals surface area contributed by atoms with Gasteiger partial charge < -0.3 is 14.8 Å². The second-order valence-corrected chi connectivity index (χ2v) is 7.01. The topological polar surface area (TPSA) is 157 Å². The smallest absolute Gasteiger partial charge is 0.311 e. The minimum atomic E-state index is -0.882. The van der Waals surface area contributed by atoms with Crippen LogP contribution in [0.2, 0.25) is 0 Å². The van der Waals surface area contributed by atoms with Crippen molar-refractivity contribution in [2.75, 3.05) is 25.6 Å². The van der Waals surface area contributed by atoms with Gasteiger partial charge in [-0.05, 0) is 18.2 Å². The highest BCUT2D eigenvalue weighted by Crippen LogP contribution is 2.28. The zero-order valence-corrected chi connectivity index (χ0v) is 17.5. The fourth-order valence-corrected chi connectivity index (χ4v) is 3.09. The van der Waals surface area contributed by atoms with Crippen molar-refractivity contribution < 1.29 is 33.6 Å². The molecular weight excluding hydrogens is 436 g/mol. The zero-order valence-electron chi connectivity index (χ0n) is 17.5. The van der Waals surface area contributed by atoms with Crippen LogP contribution in [0, 0.1) is 16.0 Å². The highest BCUT2D eigenvalue weighted by atomic mass is 16.6. The summed E-state index contributed by atoms with van der Waals surface area (Å²) in [4.78, 5) is 59.3. The second kappa shape index (κ2) is 10.2. The number of anilines is 1. The molecule has 1 fully saturated rings. The fraction of sp³-hybridized carbons (Fsp3) is 0.238. The molecule has 1 atom stereocenters. The maximum atomic E-state index is 12.3. The van der Waals surface area contributed by atoms with E-state index >= 15 is 0 Å². The van der Waals surface area contributed by atoms with Crippen LogP contribution in [0.1, 0.15) is 16.8 Å². The molecule has 0 saturated carbocycles. The van der Waals surface area contributed by atoms with Gasteiger partial charge in [0.2, 0.25) is 5.91 Å². The van der Waals surface area contributed by atoms with Gasteiger partial charge in [-0.3, -0.25) is 39.7 Å². The number of nitro benzene ring substituents is 1. The lowest BCUT2D eigenvalue weighted by Gasteiger charge is -2.17. The number of rotatable bonds is 8. The lowest BCUT2D eigenvalue weighted by atomic mass is 10.1. The van der Waals surface area contributed by atoms with Gasteiger partial charge in [-0.2, -0.15) is 0 Å². The van der Waals surface area contributed by atoms with E-state index < -0.39 is 41.1 Å². The minimum absolute atomic E-state index is 0.112. The highest BCUT2D eigenvalue weighted by molar-refractivity contribution is 5.97. The van der Waals surface area contributed by atoms with Crippen LogP contribution < -0.4 is 15.5 Å². The number of benzene rings is 2. The first kappa shape index (κ1) is 23.2. The first-order valence-corrected chi connectivity index (χ1v) is 9.73. The summed E-state index contributed by atoms with van der Waals surface area (Å²) >= 11 is 0. The van der Waals surface area contributed by atoms with E-state index in [1.165, 1.54) is 25.3 Å². The van der Waals surface area contributed by atoms with Gasteiger partial charge in [-0.1, -0.05) is 18.2 Å². The predicted octanol–water partition coefficient (Wildman–Crippen LogP) is 1.28. The van der Waals surface area contributed by atoms with Crippen molar-refractivity contribution in [2.24, 2.45) is 5.92 Å². The van der Waals surface area contributed by atoms with Crippen LogP contribution in [0.4, 0.5) is 11.4 Å². The average molecular weight is 456 g/mol. The quantitative estimate of drug-likeness (QED) is 0.342. The molecule has 3 amide bonds. The Morgan fingerprint density at radius 2 is 1.91 bits per heavy atom. The fourth-order valence-electron chi connectivity index (χ4n) is 3.09. The van der Waals surface area contributed by atoms with E-state index in [4.69, 9.17) is 9.47 Å². The van der Waals surface area contributed by atoms with Gasteiger partial charge >= 0.3 is 5.97 Å². The van der Waals surface area contributed by atoms with Crippen LogP contribution in [0.15, 0.2) is 48.5 Å². The number of methoxy groups -OCH3 is 1. The normalized spacial score (nSPS) is 15.0. The van der Waals surface area contributed by atoms with Crippen molar-refractivity contribution in [3.05, 3.63) is 64.2 Å². The molecule has 0 aromatic heterocycles. The number of nitrogens with zero attached hydrogens (tertiary/aromatic N) is 2. The summed E-state index contributed by atoms with van der Waals surface area (Å²) in [5, 5.41) is 14.5. The molecule has 0 spiro atoms. The molecule has 172 valence electrons. The zero-order chi connectivity index (χ0) is 24.0. The molecule has 1 aliphatic heterocycles. The van der Waals surface area contributed by atoms with Crippen LogP contribution in [-0.4, -0.2) is 53.9 Å². The van der Waals surface area contributed by atoms with Crippen LogP contribution in [0.5, 0.6) is 5.75 Å².